The van der Waals surface area contributed by atoms with Gasteiger partial charge in [-0.15, -0.1) is 0 Å². The average molecular weight is 305 g/mol. The van der Waals surface area contributed by atoms with Gasteiger partial charge in [0.2, 0.25) is 0 Å². The first-order chi connectivity index (χ1) is 10.4. The Morgan fingerprint density at radius 1 is 1.32 bits per heavy atom. The van der Waals surface area contributed by atoms with Gasteiger partial charge in [0.25, 0.3) is 17.0 Å². The van der Waals surface area contributed by atoms with Crippen LogP contribution >= 0.6 is 0 Å². The molecule has 0 fully saturated rings. The van der Waals surface area contributed by atoms with Gasteiger partial charge in [0, 0.05) is 30.5 Å². The van der Waals surface area contributed by atoms with Crippen molar-refractivity contribution >= 4 is 5.91 Å². The molecular weight excluding hydrogens is 290 g/mol. The summed E-state index contributed by atoms with van der Waals surface area (Å²) in [6.45, 7) is 3.78. The Bertz CT molecular complexity index is 877. The Morgan fingerprint density at radius 3 is 2.73 bits per heavy atom. The Labute approximate surface area is 124 Å². The fourth-order valence-corrected chi connectivity index (χ4v) is 1.80. The minimum absolute atomic E-state index is 0.140. The number of nitrogens with one attached hydrogen (secondary N) is 3. The number of hydrogen-bond donors (Lipinski definition) is 3. The normalized spacial score (nSPS) is 10.5. The van der Waals surface area contributed by atoms with E-state index < -0.39 is 17.2 Å². The molecule has 2 heterocycles. The molecule has 3 N–H and O–H groups in total. The zero-order valence-corrected chi connectivity index (χ0v) is 12.1. The average Bonchev–Trinajstić information content (AvgIpc) is 2.47. The molecule has 0 aliphatic carbocycles. The molecule has 0 spiro atoms. The lowest BCUT2D eigenvalue weighted by atomic mass is 10.3. The molecular formula is C13H15N5O4. The van der Waals surface area contributed by atoms with Crippen LogP contribution in [0.4, 0.5) is 0 Å². The highest BCUT2D eigenvalue weighted by atomic mass is 16.2. The van der Waals surface area contributed by atoms with Gasteiger partial charge in [0.1, 0.15) is 5.56 Å². The zero-order valence-electron chi connectivity index (χ0n) is 12.1. The van der Waals surface area contributed by atoms with Crippen molar-refractivity contribution < 1.29 is 4.79 Å². The quantitative estimate of drug-likeness (QED) is 0.644. The second-order valence-corrected chi connectivity index (χ2v) is 4.70. The third-order valence-electron chi connectivity index (χ3n) is 3.22. The Kier molecular flexibility index (Phi) is 4.35. The first-order valence-electron chi connectivity index (χ1n) is 6.53. The highest BCUT2D eigenvalue weighted by Gasteiger charge is 2.10. The fraction of sp³-hybridized carbons (Fsp3) is 0.308. The second-order valence-electron chi connectivity index (χ2n) is 4.70. The van der Waals surface area contributed by atoms with E-state index >= 15 is 0 Å². The maximum atomic E-state index is 11.9. The zero-order chi connectivity index (χ0) is 16.3. The highest BCUT2D eigenvalue weighted by Crippen LogP contribution is 1.94. The van der Waals surface area contributed by atoms with E-state index in [0.29, 0.717) is 11.3 Å². The van der Waals surface area contributed by atoms with Gasteiger partial charge in [-0.05, 0) is 13.8 Å². The molecule has 1 amide bonds. The summed E-state index contributed by atoms with van der Waals surface area (Å²) in [5, 5.41) is 2.50. The molecule has 0 unspecified atom stereocenters. The Balaban J connectivity index is 2.04. The van der Waals surface area contributed by atoms with Crippen LogP contribution in [0.1, 0.15) is 21.6 Å². The first-order valence-corrected chi connectivity index (χ1v) is 6.53. The maximum absolute atomic E-state index is 11.9. The van der Waals surface area contributed by atoms with Crippen LogP contribution in [0, 0.1) is 13.8 Å². The Hall–Kier alpha value is -2.97. The van der Waals surface area contributed by atoms with E-state index in [0.717, 1.165) is 6.20 Å². The van der Waals surface area contributed by atoms with Crippen molar-refractivity contribution in [2.75, 3.05) is 6.54 Å². The van der Waals surface area contributed by atoms with Crippen LogP contribution in [0.2, 0.25) is 0 Å². The number of H-pyrrole nitrogens is 2. The van der Waals surface area contributed by atoms with Crippen molar-refractivity contribution in [3.05, 3.63) is 60.5 Å². The number of aryl methyl sites for hydroxylation is 1. The lowest BCUT2D eigenvalue weighted by molar-refractivity contribution is 0.0950. The molecule has 2 aromatic rings. The van der Waals surface area contributed by atoms with E-state index in [2.05, 4.69) is 15.3 Å². The molecule has 0 radical (unpaired) electrons. The van der Waals surface area contributed by atoms with Crippen LogP contribution in [-0.2, 0) is 6.54 Å². The lowest BCUT2D eigenvalue weighted by Gasteiger charge is -2.08. The van der Waals surface area contributed by atoms with Crippen molar-refractivity contribution in [2.24, 2.45) is 0 Å². The van der Waals surface area contributed by atoms with Gasteiger partial charge >= 0.3 is 5.69 Å². The van der Waals surface area contributed by atoms with E-state index in [1.165, 1.54) is 10.9 Å². The number of aromatic amines is 2. The minimum Gasteiger partial charge on any atom is -0.350 e. The van der Waals surface area contributed by atoms with Crippen LogP contribution in [0.25, 0.3) is 0 Å². The van der Waals surface area contributed by atoms with Gasteiger partial charge in [0.15, 0.2) is 0 Å². The lowest BCUT2D eigenvalue weighted by Crippen LogP contribution is -2.36. The van der Waals surface area contributed by atoms with Crippen molar-refractivity contribution in [1.29, 1.82) is 0 Å². The topological polar surface area (TPSA) is 130 Å². The van der Waals surface area contributed by atoms with Gasteiger partial charge in [-0.25, -0.2) is 9.78 Å². The summed E-state index contributed by atoms with van der Waals surface area (Å²) >= 11 is 0. The summed E-state index contributed by atoms with van der Waals surface area (Å²) in [6, 6.07) is 0. The molecule has 0 aliphatic heterocycles. The predicted molar refractivity (Wildman–Crippen MR) is 78.0 cm³/mol. The van der Waals surface area contributed by atoms with Crippen molar-refractivity contribution in [3.8, 4) is 0 Å². The van der Waals surface area contributed by atoms with E-state index in [9.17, 15) is 19.2 Å². The number of aromatic nitrogens is 4. The van der Waals surface area contributed by atoms with Crippen LogP contribution in [-0.4, -0.2) is 32.0 Å². The van der Waals surface area contributed by atoms with Crippen LogP contribution in [0.5, 0.6) is 0 Å². The molecule has 2 rings (SSSR count). The van der Waals surface area contributed by atoms with Gasteiger partial charge in [-0.1, -0.05) is 0 Å². The SMILES string of the molecule is Cc1ncn(CCNC(=O)c2c[nH]c(=O)[nH]c2=O)c(=O)c1C. The largest absolute Gasteiger partial charge is 0.350 e. The van der Waals surface area contributed by atoms with Gasteiger partial charge in [-0.2, -0.15) is 0 Å². The van der Waals surface area contributed by atoms with Crippen molar-refractivity contribution in [2.45, 2.75) is 20.4 Å². The molecule has 2 aromatic heterocycles. The standard InChI is InChI=1S/C13H15N5O4/c1-7-8(2)16-6-18(12(7)21)4-3-14-10(19)9-5-15-13(22)17-11(9)20/h5-6H,3-4H2,1-2H3,(H,14,19)(H2,15,17,20,22). The highest BCUT2D eigenvalue weighted by molar-refractivity contribution is 5.93. The molecule has 0 saturated carbocycles. The summed E-state index contributed by atoms with van der Waals surface area (Å²) < 4.78 is 1.37. The smallest absolute Gasteiger partial charge is 0.325 e. The number of nitrogens with zero attached hydrogens (tertiary/aromatic N) is 2. The fourth-order valence-electron chi connectivity index (χ4n) is 1.80. The number of carbonyl (C=O) groups is 1. The van der Waals surface area contributed by atoms with Crippen LogP contribution in [0.3, 0.4) is 0 Å². The second kappa shape index (κ2) is 6.20. The molecule has 22 heavy (non-hydrogen) atoms. The van der Waals surface area contributed by atoms with Crippen molar-refractivity contribution in [3.63, 3.8) is 0 Å². The molecule has 0 aromatic carbocycles. The van der Waals surface area contributed by atoms with Gasteiger partial charge < -0.3 is 10.3 Å². The van der Waals surface area contributed by atoms with Gasteiger partial charge in [-0.3, -0.25) is 23.9 Å². The molecule has 9 heteroatoms. The molecule has 0 atom stereocenters. The predicted octanol–water partition coefficient (Wildman–Crippen LogP) is -1.33. The summed E-state index contributed by atoms with van der Waals surface area (Å²) in [5.74, 6) is -0.637. The van der Waals surface area contributed by atoms with E-state index in [4.69, 9.17) is 0 Å². The molecule has 0 aliphatic rings. The van der Waals surface area contributed by atoms with Crippen LogP contribution < -0.4 is 22.1 Å². The minimum atomic E-state index is -0.772. The number of rotatable bonds is 4. The van der Waals surface area contributed by atoms with E-state index in [1.54, 1.807) is 13.8 Å². The maximum Gasteiger partial charge on any atom is 0.325 e. The van der Waals surface area contributed by atoms with Gasteiger partial charge in [0.05, 0.1) is 6.33 Å². The van der Waals surface area contributed by atoms with E-state index in [-0.39, 0.29) is 24.2 Å². The third-order valence-corrected chi connectivity index (χ3v) is 3.22. The van der Waals surface area contributed by atoms with Crippen LogP contribution in [0.15, 0.2) is 26.9 Å². The summed E-state index contributed by atoms with van der Waals surface area (Å²) in [6.07, 6.45) is 2.45. The monoisotopic (exact) mass is 305 g/mol. The molecule has 0 bridgehead atoms. The third kappa shape index (κ3) is 3.19. The van der Waals surface area contributed by atoms with Crippen molar-refractivity contribution in [1.82, 2.24) is 24.8 Å². The summed E-state index contributed by atoms with van der Waals surface area (Å²) in [7, 11) is 0. The molecule has 0 saturated heterocycles. The summed E-state index contributed by atoms with van der Waals surface area (Å²) in [5.41, 5.74) is -0.634. The first kappa shape index (κ1) is 15.4. The molecule has 116 valence electrons. The number of hydrogen-bond acceptors (Lipinski definition) is 5. The number of amides is 1. The summed E-state index contributed by atoms with van der Waals surface area (Å²) in [4.78, 5) is 54.3. The Morgan fingerprint density at radius 2 is 2.05 bits per heavy atom. The van der Waals surface area contributed by atoms with E-state index in [1.807, 2.05) is 4.98 Å². The number of carbonyl (C=O) groups excluding carboxylic acids is 1. The molecule has 9 nitrogen and oxygen atoms in total.